The first-order valence-electron chi connectivity index (χ1n) is 6.47. The molecular formula is C14H10F3N3O4. The predicted octanol–water partition coefficient (Wildman–Crippen LogP) is 4.57. The minimum absolute atomic E-state index is 0.0616. The molecule has 0 spiro atoms. The van der Waals surface area contributed by atoms with Crippen LogP contribution in [0.2, 0.25) is 0 Å². The number of nitrogens with one attached hydrogen (secondary N) is 1. The number of benzene rings is 2. The Hall–Kier alpha value is -3.17. The first-order chi connectivity index (χ1) is 11.1. The van der Waals surface area contributed by atoms with Crippen LogP contribution in [-0.2, 0) is 6.18 Å². The van der Waals surface area contributed by atoms with Crippen molar-refractivity contribution in [2.45, 2.75) is 13.1 Å². The summed E-state index contributed by atoms with van der Waals surface area (Å²) in [7, 11) is 0. The summed E-state index contributed by atoms with van der Waals surface area (Å²) in [5.41, 5.74) is -2.11. The average Bonchev–Trinajstić information content (AvgIpc) is 2.47. The standard InChI is InChI=1S/C14H10F3N3O4/c1-8-2-4-10(12(6-8)19(21)22)18-11-5-3-9(14(15,16)17)7-13(11)20(23)24/h2-7,18H,1H3. The van der Waals surface area contributed by atoms with Crippen molar-refractivity contribution in [2.24, 2.45) is 0 Å². The van der Waals surface area contributed by atoms with Gasteiger partial charge in [-0.1, -0.05) is 6.07 Å². The maximum absolute atomic E-state index is 12.7. The number of halogens is 3. The van der Waals surface area contributed by atoms with Gasteiger partial charge < -0.3 is 5.32 Å². The van der Waals surface area contributed by atoms with Crippen molar-refractivity contribution in [1.29, 1.82) is 0 Å². The van der Waals surface area contributed by atoms with Crippen LogP contribution in [0.4, 0.5) is 35.9 Å². The average molecular weight is 341 g/mol. The minimum Gasteiger partial charge on any atom is -0.344 e. The fraction of sp³-hybridized carbons (Fsp3) is 0.143. The molecule has 7 nitrogen and oxygen atoms in total. The molecule has 24 heavy (non-hydrogen) atoms. The van der Waals surface area contributed by atoms with Crippen LogP contribution in [0, 0.1) is 27.2 Å². The molecule has 2 rings (SSSR count). The number of alkyl halides is 3. The zero-order valence-corrected chi connectivity index (χ0v) is 12.1. The Morgan fingerprint density at radius 1 is 0.917 bits per heavy atom. The van der Waals surface area contributed by atoms with E-state index >= 15 is 0 Å². The van der Waals surface area contributed by atoms with Crippen LogP contribution in [0.5, 0.6) is 0 Å². The molecule has 2 aromatic rings. The van der Waals surface area contributed by atoms with Crippen LogP contribution in [0.25, 0.3) is 0 Å². The molecule has 126 valence electrons. The molecule has 0 bridgehead atoms. The second-order valence-electron chi connectivity index (χ2n) is 4.89. The lowest BCUT2D eigenvalue weighted by molar-refractivity contribution is -0.384. The molecule has 0 saturated carbocycles. The highest BCUT2D eigenvalue weighted by Gasteiger charge is 2.33. The zero-order valence-electron chi connectivity index (χ0n) is 12.1. The Morgan fingerprint density at radius 2 is 1.42 bits per heavy atom. The number of nitrogens with zero attached hydrogens (tertiary/aromatic N) is 2. The van der Waals surface area contributed by atoms with Crippen molar-refractivity contribution in [3.8, 4) is 0 Å². The quantitative estimate of drug-likeness (QED) is 0.648. The topological polar surface area (TPSA) is 98.3 Å². The van der Waals surface area contributed by atoms with Gasteiger partial charge in [-0.05, 0) is 30.7 Å². The van der Waals surface area contributed by atoms with Gasteiger partial charge in [0, 0.05) is 12.1 Å². The van der Waals surface area contributed by atoms with Gasteiger partial charge in [-0.3, -0.25) is 20.2 Å². The van der Waals surface area contributed by atoms with Crippen molar-refractivity contribution in [3.63, 3.8) is 0 Å². The number of nitro groups is 2. The highest BCUT2D eigenvalue weighted by atomic mass is 19.4. The third-order valence-electron chi connectivity index (χ3n) is 3.14. The molecule has 1 N–H and O–H groups in total. The molecule has 2 aromatic carbocycles. The fourth-order valence-electron chi connectivity index (χ4n) is 2.01. The highest BCUT2D eigenvalue weighted by molar-refractivity contribution is 5.75. The van der Waals surface area contributed by atoms with Crippen LogP contribution < -0.4 is 5.32 Å². The van der Waals surface area contributed by atoms with Gasteiger partial charge in [0.1, 0.15) is 11.4 Å². The lowest BCUT2D eigenvalue weighted by Crippen LogP contribution is -2.07. The minimum atomic E-state index is -4.74. The molecule has 0 heterocycles. The van der Waals surface area contributed by atoms with Crippen LogP contribution >= 0.6 is 0 Å². The molecule has 0 radical (unpaired) electrons. The summed E-state index contributed by atoms with van der Waals surface area (Å²) in [4.78, 5) is 20.4. The zero-order chi connectivity index (χ0) is 18.1. The second kappa shape index (κ2) is 6.14. The third-order valence-corrected chi connectivity index (χ3v) is 3.14. The molecule has 0 fully saturated rings. The molecule has 0 unspecified atom stereocenters. The van der Waals surface area contributed by atoms with Gasteiger partial charge in [0.25, 0.3) is 11.4 Å². The number of rotatable bonds is 4. The summed E-state index contributed by atoms with van der Waals surface area (Å²) >= 11 is 0. The van der Waals surface area contributed by atoms with Crippen LogP contribution in [0.1, 0.15) is 11.1 Å². The Balaban J connectivity index is 2.51. The predicted molar refractivity (Wildman–Crippen MR) is 79.2 cm³/mol. The van der Waals surface area contributed by atoms with Crippen molar-refractivity contribution in [3.05, 3.63) is 67.8 Å². The Labute approximate surface area is 133 Å². The van der Waals surface area contributed by atoms with E-state index in [0.717, 1.165) is 6.07 Å². The molecule has 10 heteroatoms. The maximum Gasteiger partial charge on any atom is 0.416 e. The van der Waals surface area contributed by atoms with Gasteiger partial charge in [-0.25, -0.2) is 0 Å². The third kappa shape index (κ3) is 3.59. The van der Waals surface area contributed by atoms with E-state index < -0.39 is 27.3 Å². The van der Waals surface area contributed by atoms with Gasteiger partial charge >= 0.3 is 6.18 Å². The molecular weight excluding hydrogens is 331 g/mol. The number of hydrogen-bond acceptors (Lipinski definition) is 5. The van der Waals surface area contributed by atoms with Gasteiger partial charge in [-0.2, -0.15) is 13.2 Å². The van der Waals surface area contributed by atoms with Crippen LogP contribution in [0.3, 0.4) is 0 Å². The summed E-state index contributed by atoms with van der Waals surface area (Å²) in [6.07, 6.45) is -4.74. The summed E-state index contributed by atoms with van der Waals surface area (Å²) < 4.78 is 38.0. The monoisotopic (exact) mass is 341 g/mol. The van der Waals surface area contributed by atoms with E-state index in [-0.39, 0.29) is 17.1 Å². The van der Waals surface area contributed by atoms with Gasteiger partial charge in [0.2, 0.25) is 0 Å². The normalized spacial score (nSPS) is 11.2. The Kier molecular flexibility index (Phi) is 4.40. The Bertz CT molecular complexity index is 821. The number of hydrogen-bond donors (Lipinski definition) is 1. The largest absolute Gasteiger partial charge is 0.416 e. The van der Waals surface area contributed by atoms with Crippen LogP contribution in [-0.4, -0.2) is 9.85 Å². The van der Waals surface area contributed by atoms with E-state index in [2.05, 4.69) is 5.32 Å². The van der Waals surface area contributed by atoms with E-state index in [4.69, 9.17) is 0 Å². The number of nitro benzene ring substituents is 2. The molecule has 0 aliphatic heterocycles. The molecule has 0 aliphatic rings. The first kappa shape index (κ1) is 17.2. The molecule has 0 amide bonds. The lowest BCUT2D eigenvalue weighted by Gasteiger charge is -2.11. The molecule has 0 saturated heterocycles. The van der Waals surface area contributed by atoms with E-state index in [1.54, 1.807) is 6.92 Å². The molecule has 0 aromatic heterocycles. The summed E-state index contributed by atoms with van der Waals surface area (Å²) in [5.74, 6) is 0. The summed E-state index contributed by atoms with van der Waals surface area (Å²) in [5, 5.41) is 24.5. The van der Waals surface area contributed by atoms with E-state index in [0.29, 0.717) is 17.7 Å². The number of aryl methyl sites for hydroxylation is 1. The fourth-order valence-corrected chi connectivity index (χ4v) is 2.01. The van der Waals surface area contributed by atoms with Gasteiger partial charge in [-0.15, -0.1) is 0 Å². The van der Waals surface area contributed by atoms with Gasteiger partial charge in [0.15, 0.2) is 0 Å². The maximum atomic E-state index is 12.7. The van der Waals surface area contributed by atoms with Crippen molar-refractivity contribution >= 4 is 22.7 Å². The molecule has 0 atom stereocenters. The van der Waals surface area contributed by atoms with Crippen LogP contribution in [0.15, 0.2) is 36.4 Å². The van der Waals surface area contributed by atoms with E-state index in [1.165, 1.54) is 18.2 Å². The molecule has 0 aliphatic carbocycles. The summed E-state index contributed by atoms with van der Waals surface area (Å²) in [6.45, 7) is 1.62. The van der Waals surface area contributed by atoms with E-state index in [9.17, 15) is 33.4 Å². The Morgan fingerprint density at radius 3 is 1.92 bits per heavy atom. The van der Waals surface area contributed by atoms with Crippen molar-refractivity contribution in [2.75, 3.05) is 5.32 Å². The first-order valence-corrected chi connectivity index (χ1v) is 6.47. The van der Waals surface area contributed by atoms with Crippen molar-refractivity contribution < 1.29 is 23.0 Å². The second-order valence-corrected chi connectivity index (χ2v) is 4.89. The lowest BCUT2D eigenvalue weighted by atomic mass is 10.1. The smallest absolute Gasteiger partial charge is 0.344 e. The number of anilines is 2. The van der Waals surface area contributed by atoms with E-state index in [1.807, 2.05) is 0 Å². The highest BCUT2D eigenvalue weighted by Crippen LogP contribution is 2.37. The SMILES string of the molecule is Cc1ccc(Nc2ccc(C(F)(F)F)cc2[N+](=O)[O-])c([N+](=O)[O-])c1. The summed E-state index contributed by atoms with van der Waals surface area (Å²) in [6, 6.07) is 6.01. The van der Waals surface area contributed by atoms with Crippen molar-refractivity contribution in [1.82, 2.24) is 0 Å². The van der Waals surface area contributed by atoms with Gasteiger partial charge in [0.05, 0.1) is 15.4 Å².